The Bertz CT molecular complexity index is 1010. The minimum atomic E-state index is -0.111. The second-order valence-corrected chi connectivity index (χ2v) is 8.41. The van der Waals surface area contributed by atoms with E-state index in [0.717, 1.165) is 23.4 Å². The summed E-state index contributed by atoms with van der Waals surface area (Å²) in [7, 11) is 5.64. The number of hydrogen-bond acceptors (Lipinski definition) is 6. The van der Waals surface area contributed by atoms with Crippen molar-refractivity contribution in [2.45, 2.75) is 26.8 Å². The number of carbonyl (C=O) groups excluding carboxylic acids is 1. The summed E-state index contributed by atoms with van der Waals surface area (Å²) in [5, 5.41) is 5.63. The standard InChI is InChI=1S/C20H26ClN5O2S/c1-6-26-15(12-13(2)23-26)19(27)25(11-7-10-24(3)4)20-22-17-16(28-5)9-8-14(21)18(17)29-20/h8-9,12H,6-7,10-11H2,1-5H3. The zero-order chi connectivity index (χ0) is 21.1. The Labute approximate surface area is 179 Å². The van der Waals surface area contributed by atoms with Crippen molar-refractivity contribution in [3.8, 4) is 5.75 Å². The Balaban J connectivity index is 2.04. The zero-order valence-electron chi connectivity index (χ0n) is 17.4. The summed E-state index contributed by atoms with van der Waals surface area (Å²) in [6.45, 7) is 5.90. The van der Waals surface area contributed by atoms with Crippen molar-refractivity contribution in [3.05, 3.63) is 34.6 Å². The van der Waals surface area contributed by atoms with Gasteiger partial charge in [0, 0.05) is 13.1 Å². The van der Waals surface area contributed by atoms with Gasteiger partial charge in [0.25, 0.3) is 5.91 Å². The van der Waals surface area contributed by atoms with Crippen molar-refractivity contribution < 1.29 is 9.53 Å². The third kappa shape index (κ3) is 4.55. The van der Waals surface area contributed by atoms with Crippen LogP contribution in [0.3, 0.4) is 0 Å². The molecule has 0 atom stereocenters. The third-order valence-corrected chi connectivity index (χ3v) is 6.09. The van der Waals surface area contributed by atoms with Crippen molar-refractivity contribution in [1.29, 1.82) is 0 Å². The Hall–Kier alpha value is -2.16. The average molecular weight is 436 g/mol. The van der Waals surface area contributed by atoms with Gasteiger partial charge in [-0.3, -0.25) is 14.4 Å². The van der Waals surface area contributed by atoms with Crippen molar-refractivity contribution >= 4 is 44.2 Å². The maximum Gasteiger partial charge on any atom is 0.278 e. The van der Waals surface area contributed by atoms with Crippen molar-refractivity contribution in [2.24, 2.45) is 0 Å². The maximum absolute atomic E-state index is 13.5. The Kier molecular flexibility index (Phi) is 6.77. The van der Waals surface area contributed by atoms with E-state index in [-0.39, 0.29) is 5.91 Å². The molecule has 0 radical (unpaired) electrons. The van der Waals surface area contributed by atoms with E-state index in [4.69, 9.17) is 21.3 Å². The smallest absolute Gasteiger partial charge is 0.278 e. The van der Waals surface area contributed by atoms with Gasteiger partial charge in [-0.05, 0) is 59.1 Å². The van der Waals surface area contributed by atoms with E-state index in [1.54, 1.807) is 28.8 Å². The molecule has 156 valence electrons. The average Bonchev–Trinajstić information content (AvgIpc) is 3.29. The van der Waals surface area contributed by atoms with Crippen LogP contribution in [-0.4, -0.2) is 59.9 Å². The Morgan fingerprint density at radius 2 is 2.07 bits per heavy atom. The molecule has 7 nitrogen and oxygen atoms in total. The number of ether oxygens (including phenoxy) is 1. The molecule has 2 aromatic heterocycles. The van der Waals surface area contributed by atoms with Gasteiger partial charge in [-0.25, -0.2) is 4.98 Å². The van der Waals surface area contributed by atoms with Gasteiger partial charge in [-0.15, -0.1) is 0 Å². The number of halogens is 1. The molecular weight excluding hydrogens is 410 g/mol. The van der Waals surface area contributed by atoms with E-state index >= 15 is 0 Å². The molecule has 1 aromatic carbocycles. The molecule has 0 saturated carbocycles. The molecule has 9 heteroatoms. The number of hydrogen-bond donors (Lipinski definition) is 0. The quantitative estimate of drug-likeness (QED) is 0.533. The first-order valence-electron chi connectivity index (χ1n) is 9.49. The van der Waals surface area contributed by atoms with Crippen LogP contribution >= 0.6 is 22.9 Å². The van der Waals surface area contributed by atoms with E-state index in [2.05, 4.69) is 10.00 Å². The number of aryl methyl sites for hydroxylation is 2. The molecule has 0 saturated heterocycles. The number of benzene rings is 1. The van der Waals surface area contributed by atoms with Gasteiger partial charge >= 0.3 is 0 Å². The molecule has 0 spiro atoms. The SMILES string of the molecule is CCn1nc(C)cc1C(=O)N(CCCN(C)C)c1nc2c(OC)ccc(Cl)c2s1. The van der Waals surface area contributed by atoms with Crippen molar-refractivity contribution in [2.75, 3.05) is 39.2 Å². The summed E-state index contributed by atoms with van der Waals surface area (Å²) >= 11 is 7.79. The second-order valence-electron chi connectivity index (χ2n) is 7.02. The van der Waals surface area contributed by atoms with Gasteiger partial charge in [0.2, 0.25) is 0 Å². The zero-order valence-corrected chi connectivity index (χ0v) is 19.0. The van der Waals surface area contributed by atoms with Crippen molar-refractivity contribution in [3.63, 3.8) is 0 Å². The van der Waals surface area contributed by atoms with Crippen LogP contribution in [0.4, 0.5) is 5.13 Å². The fraction of sp³-hybridized carbons (Fsp3) is 0.450. The fourth-order valence-corrected chi connectivity index (χ4v) is 4.43. The van der Waals surface area contributed by atoms with Gasteiger partial charge in [0.1, 0.15) is 17.0 Å². The van der Waals surface area contributed by atoms with E-state index in [1.807, 2.05) is 34.0 Å². The highest BCUT2D eigenvalue weighted by Gasteiger charge is 2.25. The molecule has 0 unspecified atom stereocenters. The first kappa shape index (κ1) is 21.5. The molecule has 29 heavy (non-hydrogen) atoms. The number of amides is 1. The summed E-state index contributed by atoms with van der Waals surface area (Å²) < 4.78 is 7.98. The molecule has 3 aromatic rings. The molecule has 0 fully saturated rings. The van der Waals surface area contributed by atoms with Gasteiger partial charge in [0.15, 0.2) is 5.13 Å². The highest BCUT2D eigenvalue weighted by atomic mass is 35.5. The number of fused-ring (bicyclic) bond motifs is 1. The fourth-order valence-electron chi connectivity index (χ4n) is 3.15. The van der Waals surface area contributed by atoms with E-state index in [0.29, 0.717) is 40.2 Å². The van der Waals surface area contributed by atoms with Gasteiger partial charge in [-0.2, -0.15) is 5.10 Å². The minimum Gasteiger partial charge on any atom is -0.494 e. The second kappa shape index (κ2) is 9.11. The Morgan fingerprint density at radius 3 is 2.72 bits per heavy atom. The van der Waals surface area contributed by atoms with Crippen LogP contribution < -0.4 is 9.64 Å². The number of anilines is 1. The van der Waals surface area contributed by atoms with Crippen LogP contribution in [0.5, 0.6) is 5.75 Å². The number of rotatable bonds is 8. The van der Waals surface area contributed by atoms with Crippen LogP contribution in [0.2, 0.25) is 5.02 Å². The summed E-state index contributed by atoms with van der Waals surface area (Å²) in [5.41, 5.74) is 2.05. The molecule has 0 aliphatic carbocycles. The minimum absolute atomic E-state index is 0.111. The highest BCUT2D eigenvalue weighted by Crippen LogP contribution is 2.39. The topological polar surface area (TPSA) is 63.5 Å². The molecule has 2 heterocycles. The summed E-state index contributed by atoms with van der Waals surface area (Å²) in [5.74, 6) is 0.530. The highest BCUT2D eigenvalue weighted by molar-refractivity contribution is 7.23. The van der Waals surface area contributed by atoms with E-state index in [9.17, 15) is 4.79 Å². The number of thiazole rings is 1. The van der Waals surface area contributed by atoms with Crippen LogP contribution in [0.1, 0.15) is 29.5 Å². The number of methoxy groups -OCH3 is 1. The predicted octanol–water partition coefficient (Wildman–Crippen LogP) is 4.08. The number of aromatic nitrogens is 3. The molecule has 0 N–H and O–H groups in total. The van der Waals surface area contributed by atoms with Crippen LogP contribution in [0.15, 0.2) is 18.2 Å². The number of carbonyl (C=O) groups is 1. The summed E-state index contributed by atoms with van der Waals surface area (Å²) in [6, 6.07) is 5.41. The van der Waals surface area contributed by atoms with Gasteiger partial charge in [-0.1, -0.05) is 22.9 Å². The molecule has 0 bridgehead atoms. The van der Waals surface area contributed by atoms with E-state index in [1.165, 1.54) is 11.3 Å². The monoisotopic (exact) mass is 435 g/mol. The van der Waals surface area contributed by atoms with Crippen LogP contribution in [-0.2, 0) is 6.54 Å². The molecule has 1 amide bonds. The largest absolute Gasteiger partial charge is 0.494 e. The van der Waals surface area contributed by atoms with Crippen LogP contribution in [0, 0.1) is 6.92 Å². The molecule has 3 rings (SSSR count). The van der Waals surface area contributed by atoms with Gasteiger partial charge < -0.3 is 9.64 Å². The van der Waals surface area contributed by atoms with Gasteiger partial charge in [0.05, 0.1) is 22.5 Å². The van der Waals surface area contributed by atoms with Crippen LogP contribution in [0.25, 0.3) is 10.2 Å². The molecular formula is C20H26ClN5O2S. The lowest BCUT2D eigenvalue weighted by molar-refractivity contribution is 0.0975. The normalized spacial score (nSPS) is 11.4. The lowest BCUT2D eigenvalue weighted by Crippen LogP contribution is -2.34. The number of nitrogens with zero attached hydrogens (tertiary/aromatic N) is 5. The Morgan fingerprint density at radius 1 is 1.31 bits per heavy atom. The van der Waals surface area contributed by atoms with Crippen molar-refractivity contribution in [1.82, 2.24) is 19.7 Å². The third-order valence-electron chi connectivity index (χ3n) is 4.55. The summed E-state index contributed by atoms with van der Waals surface area (Å²) in [6.07, 6.45) is 0.818. The lowest BCUT2D eigenvalue weighted by Gasteiger charge is -2.21. The summed E-state index contributed by atoms with van der Waals surface area (Å²) in [4.78, 5) is 22.0. The predicted molar refractivity (Wildman–Crippen MR) is 119 cm³/mol. The molecule has 0 aliphatic rings. The molecule has 0 aliphatic heterocycles. The maximum atomic E-state index is 13.5. The van der Waals surface area contributed by atoms with E-state index < -0.39 is 0 Å². The first-order valence-corrected chi connectivity index (χ1v) is 10.7. The first-order chi connectivity index (χ1) is 13.8. The lowest BCUT2D eigenvalue weighted by atomic mass is 10.3.